The van der Waals surface area contributed by atoms with E-state index in [0.717, 1.165) is 42.7 Å². The Bertz CT molecular complexity index is 1280. The van der Waals surface area contributed by atoms with Gasteiger partial charge in [-0.2, -0.15) is 0 Å². The normalized spacial score (nSPS) is 21.7. The van der Waals surface area contributed by atoms with E-state index >= 15 is 0 Å². The Hall–Kier alpha value is -3.14. The first kappa shape index (κ1) is 26.5. The number of carbonyl (C=O) groups is 2. The molecule has 2 aromatic carbocycles. The van der Waals surface area contributed by atoms with Crippen molar-refractivity contribution in [2.45, 2.75) is 37.8 Å². The summed E-state index contributed by atoms with van der Waals surface area (Å²) in [6, 6.07) is 14.4. The van der Waals surface area contributed by atoms with Crippen molar-refractivity contribution in [2.75, 3.05) is 45.2 Å². The van der Waals surface area contributed by atoms with Gasteiger partial charge < -0.3 is 30.2 Å². The number of aryl methyl sites for hydroxylation is 1. The number of rotatable bonds is 7. The molecule has 3 atom stereocenters. The number of nitrogens with zero attached hydrogens (tertiary/aromatic N) is 4. The summed E-state index contributed by atoms with van der Waals surface area (Å²) in [5.41, 5.74) is 9.14. The molecule has 0 spiro atoms. The molecule has 3 N–H and O–H groups in total. The molecule has 0 aliphatic carbocycles. The Morgan fingerprint density at radius 3 is 2.68 bits per heavy atom. The van der Waals surface area contributed by atoms with E-state index in [9.17, 15) is 9.59 Å². The van der Waals surface area contributed by atoms with Crippen molar-refractivity contribution in [3.63, 3.8) is 0 Å². The second kappa shape index (κ2) is 11.7. The van der Waals surface area contributed by atoms with Crippen LogP contribution in [0.4, 0.5) is 10.5 Å². The number of para-hydroxylation sites is 2. The van der Waals surface area contributed by atoms with Gasteiger partial charge in [-0.25, -0.2) is 9.78 Å². The number of urea groups is 1. The molecule has 3 heterocycles. The molecular weight excluding hydrogens is 504 g/mol. The molecule has 0 radical (unpaired) electrons. The SMILES string of the molecule is COCCCn1c(C2CCCN(C(=O)[C@@H]3CN(C(=O)Nc4ccc(Cl)cc4)C[C@H]3N)C2)nc2ccccc21. The van der Waals surface area contributed by atoms with Crippen LogP contribution in [0.15, 0.2) is 48.5 Å². The highest BCUT2D eigenvalue weighted by Crippen LogP contribution is 2.31. The first-order valence-corrected chi connectivity index (χ1v) is 13.6. The van der Waals surface area contributed by atoms with E-state index in [-0.39, 0.29) is 17.9 Å². The number of carbonyl (C=O) groups excluding carboxylic acids is 2. The summed E-state index contributed by atoms with van der Waals surface area (Å²) >= 11 is 5.94. The van der Waals surface area contributed by atoms with Crippen LogP contribution < -0.4 is 11.1 Å². The predicted octanol–water partition coefficient (Wildman–Crippen LogP) is 3.92. The maximum Gasteiger partial charge on any atom is 0.321 e. The molecule has 3 amide bonds. The monoisotopic (exact) mass is 538 g/mol. The van der Waals surface area contributed by atoms with Crippen molar-refractivity contribution >= 4 is 40.3 Å². The minimum atomic E-state index is -0.426. The first-order chi connectivity index (χ1) is 18.4. The van der Waals surface area contributed by atoms with E-state index in [1.165, 1.54) is 0 Å². The smallest absolute Gasteiger partial charge is 0.321 e. The third-order valence-electron chi connectivity index (χ3n) is 7.58. The summed E-state index contributed by atoms with van der Waals surface area (Å²) in [7, 11) is 1.72. The molecule has 9 nitrogen and oxygen atoms in total. The van der Waals surface area contributed by atoms with Gasteiger partial charge >= 0.3 is 6.03 Å². The first-order valence-electron chi connectivity index (χ1n) is 13.2. The number of likely N-dealkylation sites (tertiary alicyclic amines) is 2. The maximum absolute atomic E-state index is 13.6. The number of hydrogen-bond donors (Lipinski definition) is 2. The fraction of sp³-hybridized carbons (Fsp3) is 0.464. The van der Waals surface area contributed by atoms with E-state index < -0.39 is 12.0 Å². The quantitative estimate of drug-likeness (QED) is 0.443. The second-order valence-corrected chi connectivity index (χ2v) is 10.6. The van der Waals surface area contributed by atoms with Crippen molar-refractivity contribution in [3.8, 4) is 0 Å². The minimum absolute atomic E-state index is 0.0195. The molecule has 38 heavy (non-hydrogen) atoms. The molecule has 1 aromatic heterocycles. The van der Waals surface area contributed by atoms with E-state index in [0.29, 0.717) is 43.5 Å². The minimum Gasteiger partial charge on any atom is -0.385 e. The van der Waals surface area contributed by atoms with E-state index in [4.69, 9.17) is 27.1 Å². The lowest BCUT2D eigenvalue weighted by Gasteiger charge is -2.35. The average Bonchev–Trinajstić information content (AvgIpc) is 3.50. The number of halogens is 1. The zero-order valence-electron chi connectivity index (χ0n) is 21.7. The van der Waals surface area contributed by atoms with Gasteiger partial charge in [0.15, 0.2) is 0 Å². The van der Waals surface area contributed by atoms with Gasteiger partial charge in [-0.1, -0.05) is 23.7 Å². The fourth-order valence-corrected chi connectivity index (χ4v) is 5.75. The number of amides is 3. The molecule has 0 saturated carbocycles. The standard InChI is InChI=1S/C28H35ClN6O3/c1-38-15-5-14-35-25-8-3-2-7-24(25)32-26(35)19-6-4-13-33(16-19)27(36)22-17-34(18-23(22)30)28(37)31-21-11-9-20(29)10-12-21/h2-3,7-12,19,22-23H,4-6,13-18,30H2,1H3,(H,31,37)/t19?,22-,23-/m1/s1. The van der Waals surface area contributed by atoms with Crippen LogP contribution in [-0.4, -0.2) is 77.2 Å². The summed E-state index contributed by atoms with van der Waals surface area (Å²) in [4.78, 5) is 35.0. The molecule has 2 saturated heterocycles. The zero-order chi connectivity index (χ0) is 26.6. The lowest BCUT2D eigenvalue weighted by molar-refractivity contribution is -0.136. The fourth-order valence-electron chi connectivity index (χ4n) is 5.62. The number of imidazole rings is 1. The highest BCUT2D eigenvalue weighted by atomic mass is 35.5. The highest BCUT2D eigenvalue weighted by Gasteiger charge is 2.41. The zero-order valence-corrected chi connectivity index (χ0v) is 22.4. The molecule has 0 bridgehead atoms. The van der Waals surface area contributed by atoms with Gasteiger partial charge in [0.2, 0.25) is 5.91 Å². The van der Waals surface area contributed by atoms with Crippen molar-refractivity contribution in [1.29, 1.82) is 0 Å². The van der Waals surface area contributed by atoms with Gasteiger partial charge in [-0.3, -0.25) is 4.79 Å². The summed E-state index contributed by atoms with van der Waals surface area (Å²) in [6.45, 7) is 3.44. The number of aromatic nitrogens is 2. The van der Waals surface area contributed by atoms with Crippen LogP contribution in [0.1, 0.15) is 31.0 Å². The van der Waals surface area contributed by atoms with E-state index in [2.05, 4.69) is 16.0 Å². The number of nitrogens with two attached hydrogens (primary N) is 1. The average molecular weight is 539 g/mol. The van der Waals surface area contributed by atoms with Crippen molar-refractivity contribution in [3.05, 3.63) is 59.4 Å². The van der Waals surface area contributed by atoms with Crippen LogP contribution in [0.3, 0.4) is 0 Å². The number of piperidine rings is 1. The molecule has 5 rings (SSSR count). The predicted molar refractivity (Wildman–Crippen MR) is 148 cm³/mol. The molecule has 3 aromatic rings. The Balaban J connectivity index is 1.26. The molecule has 10 heteroatoms. The second-order valence-electron chi connectivity index (χ2n) is 10.2. The third-order valence-corrected chi connectivity index (χ3v) is 7.83. The van der Waals surface area contributed by atoms with Crippen LogP contribution >= 0.6 is 11.6 Å². The Morgan fingerprint density at radius 1 is 1.11 bits per heavy atom. The van der Waals surface area contributed by atoms with E-state index in [1.54, 1.807) is 36.3 Å². The molecule has 1 unspecified atom stereocenters. The molecular formula is C28H35ClN6O3. The number of fused-ring (bicyclic) bond motifs is 1. The van der Waals surface area contributed by atoms with Gasteiger partial charge in [0.25, 0.3) is 0 Å². The summed E-state index contributed by atoms with van der Waals surface area (Å²) in [6.07, 6.45) is 2.77. The van der Waals surface area contributed by atoms with Gasteiger partial charge in [0.1, 0.15) is 5.82 Å². The Morgan fingerprint density at radius 2 is 1.89 bits per heavy atom. The Labute approximate surface area is 227 Å². The number of anilines is 1. The van der Waals surface area contributed by atoms with Crippen LogP contribution in [0.5, 0.6) is 0 Å². The van der Waals surface area contributed by atoms with Crippen molar-refractivity contribution in [2.24, 2.45) is 11.7 Å². The van der Waals surface area contributed by atoms with Crippen molar-refractivity contribution in [1.82, 2.24) is 19.4 Å². The summed E-state index contributed by atoms with van der Waals surface area (Å²) in [5.74, 6) is 0.764. The summed E-state index contributed by atoms with van der Waals surface area (Å²) in [5, 5.41) is 3.47. The largest absolute Gasteiger partial charge is 0.385 e. The molecule has 2 aliphatic heterocycles. The van der Waals surface area contributed by atoms with Gasteiger partial charge in [-0.05, 0) is 55.7 Å². The van der Waals surface area contributed by atoms with E-state index in [1.807, 2.05) is 23.1 Å². The van der Waals surface area contributed by atoms with Gasteiger partial charge in [0, 0.05) is 69.1 Å². The summed E-state index contributed by atoms with van der Waals surface area (Å²) < 4.78 is 7.57. The third kappa shape index (κ3) is 5.65. The van der Waals surface area contributed by atoms with Crippen LogP contribution in [-0.2, 0) is 16.1 Å². The lowest BCUT2D eigenvalue weighted by atomic mass is 9.94. The number of benzene rings is 2. The number of methoxy groups -OCH3 is 1. The Kier molecular flexibility index (Phi) is 8.16. The number of ether oxygens (including phenoxy) is 1. The van der Waals surface area contributed by atoms with Crippen LogP contribution in [0.25, 0.3) is 11.0 Å². The molecule has 2 aliphatic rings. The number of hydrogen-bond acceptors (Lipinski definition) is 5. The van der Waals surface area contributed by atoms with Gasteiger partial charge in [0.05, 0.1) is 17.0 Å². The highest BCUT2D eigenvalue weighted by molar-refractivity contribution is 6.30. The topological polar surface area (TPSA) is 106 Å². The number of nitrogens with one attached hydrogen (secondary N) is 1. The van der Waals surface area contributed by atoms with Gasteiger partial charge in [-0.15, -0.1) is 0 Å². The van der Waals surface area contributed by atoms with Crippen molar-refractivity contribution < 1.29 is 14.3 Å². The lowest BCUT2D eigenvalue weighted by Crippen LogP contribution is -2.47. The molecule has 202 valence electrons. The van der Waals surface area contributed by atoms with Crippen LogP contribution in [0.2, 0.25) is 5.02 Å². The van der Waals surface area contributed by atoms with Crippen LogP contribution in [0, 0.1) is 5.92 Å². The molecule has 2 fully saturated rings. The maximum atomic E-state index is 13.6.